The van der Waals surface area contributed by atoms with Crippen molar-refractivity contribution in [2.75, 3.05) is 26.2 Å². The molecule has 0 aromatic heterocycles. The molecule has 0 bridgehead atoms. The maximum atomic E-state index is 12.8. The van der Waals surface area contributed by atoms with Crippen LogP contribution in [-0.4, -0.2) is 47.8 Å². The fourth-order valence-corrected chi connectivity index (χ4v) is 3.16. The molecule has 24 heavy (non-hydrogen) atoms. The lowest BCUT2D eigenvalue weighted by atomic mass is 9.91. The number of carbonyl (C=O) groups excluding carboxylic acids is 2. The highest BCUT2D eigenvalue weighted by atomic mass is 16.2. The summed E-state index contributed by atoms with van der Waals surface area (Å²) in [5.74, 6) is 0.279. The Morgan fingerprint density at radius 2 is 1.62 bits per heavy atom. The smallest absolute Gasteiger partial charge is 0.254 e. The Morgan fingerprint density at radius 1 is 1.00 bits per heavy atom. The van der Waals surface area contributed by atoms with Crippen LogP contribution in [0.15, 0.2) is 18.2 Å². The van der Waals surface area contributed by atoms with Crippen molar-refractivity contribution in [2.24, 2.45) is 5.41 Å². The molecule has 0 aliphatic carbocycles. The van der Waals surface area contributed by atoms with Crippen molar-refractivity contribution in [3.05, 3.63) is 34.9 Å². The van der Waals surface area contributed by atoms with Crippen LogP contribution in [-0.2, 0) is 4.79 Å². The predicted octanol–water partition coefficient (Wildman–Crippen LogP) is 3.41. The molecule has 1 aliphatic heterocycles. The molecule has 0 N–H and O–H groups in total. The third-order valence-corrected chi connectivity index (χ3v) is 4.43. The van der Waals surface area contributed by atoms with Gasteiger partial charge in [0.2, 0.25) is 5.91 Å². The molecular formula is C20H30N2O2. The molecule has 0 unspecified atom stereocenters. The van der Waals surface area contributed by atoms with Gasteiger partial charge in [-0.2, -0.15) is 0 Å². The summed E-state index contributed by atoms with van der Waals surface area (Å²) < 4.78 is 0. The molecule has 0 spiro atoms. The van der Waals surface area contributed by atoms with Gasteiger partial charge < -0.3 is 9.80 Å². The predicted molar refractivity (Wildman–Crippen MR) is 97.1 cm³/mol. The third kappa shape index (κ3) is 4.83. The molecule has 1 heterocycles. The van der Waals surface area contributed by atoms with Gasteiger partial charge >= 0.3 is 0 Å². The van der Waals surface area contributed by atoms with Crippen molar-refractivity contribution in [2.45, 2.75) is 47.5 Å². The second-order valence-corrected chi connectivity index (χ2v) is 8.08. The minimum Gasteiger partial charge on any atom is -0.341 e. The van der Waals surface area contributed by atoms with Gasteiger partial charge in [0.05, 0.1) is 0 Å². The highest BCUT2D eigenvalue weighted by Crippen LogP contribution is 2.21. The van der Waals surface area contributed by atoms with Gasteiger partial charge in [0.25, 0.3) is 5.91 Å². The molecule has 2 amide bonds. The summed E-state index contributed by atoms with van der Waals surface area (Å²) in [6.45, 7) is 13.0. The fourth-order valence-electron chi connectivity index (χ4n) is 3.16. The minimum atomic E-state index is -0.00208. The lowest BCUT2D eigenvalue weighted by Gasteiger charge is -2.26. The molecule has 0 radical (unpaired) electrons. The van der Waals surface area contributed by atoms with E-state index in [1.54, 1.807) is 0 Å². The average Bonchev–Trinajstić information content (AvgIpc) is 2.70. The van der Waals surface area contributed by atoms with E-state index in [1.165, 1.54) is 5.56 Å². The number of rotatable bonds is 2. The van der Waals surface area contributed by atoms with E-state index in [4.69, 9.17) is 0 Å². The van der Waals surface area contributed by atoms with Crippen LogP contribution in [0.25, 0.3) is 0 Å². The standard InChI is InChI=1S/C20H30N2O2/c1-15-7-8-17(16(2)13-15)19(24)22-10-6-9-21(11-12-22)18(23)14-20(3,4)5/h7-8,13H,6,9-12,14H2,1-5H3. The van der Waals surface area contributed by atoms with Crippen molar-refractivity contribution in [1.82, 2.24) is 9.80 Å². The first kappa shape index (κ1) is 18.5. The molecule has 0 saturated carbocycles. The zero-order chi connectivity index (χ0) is 17.9. The van der Waals surface area contributed by atoms with Crippen LogP contribution in [0.2, 0.25) is 0 Å². The third-order valence-electron chi connectivity index (χ3n) is 4.43. The van der Waals surface area contributed by atoms with Crippen molar-refractivity contribution in [1.29, 1.82) is 0 Å². The highest BCUT2D eigenvalue weighted by molar-refractivity contribution is 5.95. The van der Waals surface area contributed by atoms with Crippen molar-refractivity contribution < 1.29 is 9.59 Å². The van der Waals surface area contributed by atoms with Gasteiger partial charge in [0, 0.05) is 38.2 Å². The van der Waals surface area contributed by atoms with Gasteiger partial charge in [-0.3, -0.25) is 9.59 Å². The Hall–Kier alpha value is -1.84. The van der Waals surface area contributed by atoms with Gasteiger partial charge in [-0.1, -0.05) is 38.5 Å². The van der Waals surface area contributed by atoms with Crippen LogP contribution in [0.5, 0.6) is 0 Å². The Balaban J connectivity index is 2.02. The van der Waals surface area contributed by atoms with Crippen LogP contribution in [0, 0.1) is 19.3 Å². The first-order valence-corrected chi connectivity index (χ1v) is 8.82. The monoisotopic (exact) mass is 330 g/mol. The van der Waals surface area contributed by atoms with E-state index in [1.807, 2.05) is 41.8 Å². The molecule has 2 rings (SSSR count). The van der Waals surface area contributed by atoms with Crippen molar-refractivity contribution in [3.8, 4) is 0 Å². The second kappa shape index (κ2) is 7.37. The summed E-state index contributed by atoms with van der Waals surface area (Å²) >= 11 is 0. The first-order chi connectivity index (χ1) is 11.2. The number of benzene rings is 1. The van der Waals surface area contributed by atoms with Crippen LogP contribution in [0.4, 0.5) is 0 Å². The number of hydrogen-bond donors (Lipinski definition) is 0. The first-order valence-electron chi connectivity index (χ1n) is 8.82. The summed E-state index contributed by atoms with van der Waals surface area (Å²) in [6.07, 6.45) is 1.39. The topological polar surface area (TPSA) is 40.6 Å². The molecular weight excluding hydrogens is 300 g/mol. The highest BCUT2D eigenvalue weighted by Gasteiger charge is 2.25. The van der Waals surface area contributed by atoms with E-state index in [2.05, 4.69) is 20.8 Å². The van der Waals surface area contributed by atoms with Gasteiger partial charge in [-0.15, -0.1) is 0 Å². The number of carbonyl (C=O) groups is 2. The van der Waals surface area contributed by atoms with Crippen molar-refractivity contribution >= 4 is 11.8 Å². The largest absolute Gasteiger partial charge is 0.341 e. The Morgan fingerprint density at radius 3 is 2.25 bits per heavy atom. The van der Waals surface area contributed by atoms with Crippen LogP contribution >= 0.6 is 0 Å². The molecule has 1 aliphatic rings. The summed E-state index contributed by atoms with van der Waals surface area (Å²) in [5, 5.41) is 0. The number of nitrogens with zero attached hydrogens (tertiary/aromatic N) is 2. The molecule has 4 heteroatoms. The van der Waals surface area contributed by atoms with Crippen molar-refractivity contribution in [3.63, 3.8) is 0 Å². The average molecular weight is 330 g/mol. The van der Waals surface area contributed by atoms with E-state index in [0.29, 0.717) is 26.1 Å². The molecule has 1 saturated heterocycles. The van der Waals surface area contributed by atoms with E-state index < -0.39 is 0 Å². The molecule has 1 aromatic rings. The summed E-state index contributed by atoms with van der Waals surface area (Å²) in [4.78, 5) is 29.0. The Bertz CT molecular complexity index is 617. The molecule has 1 aromatic carbocycles. The zero-order valence-corrected chi connectivity index (χ0v) is 15.7. The van der Waals surface area contributed by atoms with E-state index >= 15 is 0 Å². The van der Waals surface area contributed by atoms with E-state index in [-0.39, 0.29) is 17.2 Å². The lowest BCUT2D eigenvalue weighted by Crippen LogP contribution is -2.38. The quantitative estimate of drug-likeness (QED) is 0.834. The molecule has 4 nitrogen and oxygen atoms in total. The fraction of sp³-hybridized carbons (Fsp3) is 0.600. The number of aryl methyl sites for hydroxylation is 2. The maximum Gasteiger partial charge on any atom is 0.254 e. The van der Waals surface area contributed by atoms with E-state index in [0.717, 1.165) is 24.1 Å². The van der Waals surface area contributed by atoms with Gasteiger partial charge in [-0.25, -0.2) is 0 Å². The Kier molecular flexibility index (Phi) is 5.68. The summed E-state index contributed by atoms with van der Waals surface area (Å²) in [7, 11) is 0. The molecule has 1 fully saturated rings. The van der Waals surface area contributed by atoms with Crippen LogP contribution in [0.3, 0.4) is 0 Å². The molecule has 132 valence electrons. The van der Waals surface area contributed by atoms with Gasteiger partial charge in [0.15, 0.2) is 0 Å². The van der Waals surface area contributed by atoms with Gasteiger partial charge in [0.1, 0.15) is 0 Å². The van der Waals surface area contributed by atoms with Crippen LogP contribution in [0.1, 0.15) is 55.1 Å². The number of amides is 2. The summed E-state index contributed by atoms with van der Waals surface area (Å²) in [5.41, 5.74) is 2.96. The summed E-state index contributed by atoms with van der Waals surface area (Å²) in [6, 6.07) is 5.95. The maximum absolute atomic E-state index is 12.8. The van der Waals surface area contributed by atoms with Gasteiger partial charge in [-0.05, 0) is 37.3 Å². The van der Waals surface area contributed by atoms with E-state index in [9.17, 15) is 9.59 Å². The normalized spacial score (nSPS) is 16.0. The zero-order valence-electron chi connectivity index (χ0n) is 15.7. The van der Waals surface area contributed by atoms with Crippen LogP contribution < -0.4 is 0 Å². The second-order valence-electron chi connectivity index (χ2n) is 8.08. The Labute approximate surface area is 145 Å². The SMILES string of the molecule is Cc1ccc(C(=O)N2CCCN(C(=O)CC(C)(C)C)CC2)c(C)c1. The number of hydrogen-bond acceptors (Lipinski definition) is 2. The minimum absolute atomic E-state index is 0.00208. The molecule has 0 atom stereocenters. The lowest BCUT2D eigenvalue weighted by molar-refractivity contribution is -0.132.